The Balaban J connectivity index is 2.20. The van der Waals surface area contributed by atoms with Gasteiger partial charge in [-0.05, 0) is 45.7 Å². The molecule has 2 atom stereocenters. The normalized spacial score (nSPS) is 28.3. The molecule has 1 fully saturated rings. The second-order valence-corrected chi connectivity index (χ2v) is 5.46. The van der Waals surface area contributed by atoms with Gasteiger partial charge in [0.15, 0.2) is 5.78 Å². The molecule has 2 nitrogen and oxygen atoms in total. The Hall–Kier alpha value is -1.70. The maximum atomic E-state index is 12.5. The van der Waals surface area contributed by atoms with Crippen LogP contribution in [0, 0.1) is 11.3 Å². The molecule has 0 bridgehead atoms. The summed E-state index contributed by atoms with van der Waals surface area (Å²) in [5, 5.41) is 0. The second-order valence-electron chi connectivity index (χ2n) is 5.46. The Morgan fingerprint density at radius 3 is 2.68 bits per heavy atom. The molecule has 1 aliphatic carbocycles. The third-order valence-electron chi connectivity index (χ3n) is 3.93. The molecule has 100 valence electrons. The SMILES string of the molecule is CC=CC1(C)CCC(C(C)=Nc2ccccc2)C1=O. The number of hydrogen-bond donors (Lipinski definition) is 0. The summed E-state index contributed by atoms with van der Waals surface area (Å²) in [6.45, 7) is 5.97. The smallest absolute Gasteiger partial charge is 0.151 e. The first kappa shape index (κ1) is 13.7. The van der Waals surface area contributed by atoms with Crippen molar-refractivity contribution in [3.8, 4) is 0 Å². The van der Waals surface area contributed by atoms with Crippen molar-refractivity contribution in [3.63, 3.8) is 0 Å². The van der Waals surface area contributed by atoms with Crippen LogP contribution in [0.3, 0.4) is 0 Å². The second kappa shape index (κ2) is 5.52. The number of allylic oxidation sites excluding steroid dienone is 2. The van der Waals surface area contributed by atoms with Crippen LogP contribution in [0.25, 0.3) is 0 Å². The molecule has 0 aliphatic heterocycles. The lowest BCUT2D eigenvalue weighted by Gasteiger charge is -2.17. The zero-order valence-corrected chi connectivity index (χ0v) is 11.9. The van der Waals surface area contributed by atoms with Gasteiger partial charge >= 0.3 is 0 Å². The minimum absolute atomic E-state index is 0.0265. The van der Waals surface area contributed by atoms with E-state index < -0.39 is 0 Å². The summed E-state index contributed by atoms with van der Waals surface area (Å²) in [6, 6.07) is 9.83. The van der Waals surface area contributed by atoms with Crippen LogP contribution in [0.15, 0.2) is 47.5 Å². The highest BCUT2D eigenvalue weighted by Crippen LogP contribution is 2.40. The molecule has 1 aliphatic rings. The number of carbonyl (C=O) groups is 1. The van der Waals surface area contributed by atoms with Gasteiger partial charge in [0.25, 0.3) is 0 Å². The van der Waals surface area contributed by atoms with E-state index in [2.05, 4.69) is 4.99 Å². The number of Topliss-reactive ketones (excluding diaryl/α,β-unsaturated/α-hetero) is 1. The van der Waals surface area contributed by atoms with Crippen molar-refractivity contribution in [2.24, 2.45) is 16.3 Å². The minimum Gasteiger partial charge on any atom is -0.298 e. The van der Waals surface area contributed by atoms with E-state index >= 15 is 0 Å². The number of nitrogens with zero attached hydrogens (tertiary/aromatic N) is 1. The summed E-state index contributed by atoms with van der Waals surface area (Å²) in [5.74, 6) is 0.282. The number of aliphatic imine (C=N–C) groups is 1. The highest BCUT2D eigenvalue weighted by atomic mass is 16.1. The fourth-order valence-electron chi connectivity index (χ4n) is 2.81. The van der Waals surface area contributed by atoms with Crippen LogP contribution in [0.5, 0.6) is 0 Å². The molecule has 1 aromatic rings. The summed E-state index contributed by atoms with van der Waals surface area (Å²) in [5.41, 5.74) is 1.56. The summed E-state index contributed by atoms with van der Waals surface area (Å²) in [7, 11) is 0. The van der Waals surface area contributed by atoms with Gasteiger partial charge in [0, 0.05) is 11.1 Å². The highest BCUT2D eigenvalue weighted by Gasteiger charge is 2.43. The molecule has 19 heavy (non-hydrogen) atoms. The van der Waals surface area contributed by atoms with Gasteiger partial charge in [-0.2, -0.15) is 0 Å². The largest absolute Gasteiger partial charge is 0.298 e. The van der Waals surface area contributed by atoms with Gasteiger partial charge in [-0.1, -0.05) is 30.4 Å². The lowest BCUT2D eigenvalue weighted by atomic mass is 9.85. The number of benzene rings is 1. The van der Waals surface area contributed by atoms with E-state index in [0.29, 0.717) is 5.78 Å². The van der Waals surface area contributed by atoms with Gasteiger partial charge in [-0.3, -0.25) is 9.79 Å². The van der Waals surface area contributed by atoms with Crippen LogP contribution in [0.1, 0.15) is 33.6 Å². The van der Waals surface area contributed by atoms with Crippen molar-refractivity contribution in [1.82, 2.24) is 0 Å². The molecule has 0 N–H and O–H groups in total. The van der Waals surface area contributed by atoms with Crippen molar-refractivity contribution < 1.29 is 4.79 Å². The zero-order chi connectivity index (χ0) is 13.9. The molecule has 0 heterocycles. The predicted octanol–water partition coefficient (Wildman–Crippen LogP) is 4.34. The fraction of sp³-hybridized carbons (Fsp3) is 0.412. The van der Waals surface area contributed by atoms with Crippen LogP contribution in [-0.4, -0.2) is 11.5 Å². The third-order valence-corrected chi connectivity index (χ3v) is 3.93. The number of carbonyl (C=O) groups excluding carboxylic acids is 1. The summed E-state index contributed by atoms with van der Waals surface area (Å²) in [4.78, 5) is 17.1. The van der Waals surface area contributed by atoms with Crippen molar-refractivity contribution >= 4 is 17.2 Å². The molecule has 0 saturated heterocycles. The zero-order valence-electron chi connectivity index (χ0n) is 11.9. The quantitative estimate of drug-likeness (QED) is 0.583. The Morgan fingerprint density at radius 2 is 2.05 bits per heavy atom. The van der Waals surface area contributed by atoms with Gasteiger partial charge < -0.3 is 0 Å². The predicted molar refractivity (Wildman–Crippen MR) is 79.9 cm³/mol. The first-order chi connectivity index (χ1) is 9.07. The van der Waals surface area contributed by atoms with E-state index in [-0.39, 0.29) is 11.3 Å². The number of rotatable bonds is 3. The summed E-state index contributed by atoms with van der Waals surface area (Å²) in [6.07, 6.45) is 5.83. The lowest BCUT2D eigenvalue weighted by molar-refractivity contribution is -0.124. The number of hydrogen-bond acceptors (Lipinski definition) is 2. The molecular weight excluding hydrogens is 234 g/mol. The topological polar surface area (TPSA) is 29.4 Å². The number of ketones is 1. The molecular formula is C17H21NO. The van der Waals surface area contributed by atoms with Crippen LogP contribution in [0.4, 0.5) is 5.69 Å². The third kappa shape index (κ3) is 2.83. The fourth-order valence-corrected chi connectivity index (χ4v) is 2.81. The number of para-hydroxylation sites is 1. The first-order valence-corrected chi connectivity index (χ1v) is 6.85. The van der Waals surface area contributed by atoms with Gasteiger partial charge in [0.2, 0.25) is 0 Å². The Morgan fingerprint density at radius 1 is 1.37 bits per heavy atom. The maximum Gasteiger partial charge on any atom is 0.151 e. The molecule has 2 rings (SSSR count). The Bertz CT molecular complexity index is 515. The summed E-state index contributed by atoms with van der Waals surface area (Å²) >= 11 is 0. The minimum atomic E-state index is -0.299. The van der Waals surface area contributed by atoms with E-state index in [1.54, 1.807) is 0 Å². The van der Waals surface area contributed by atoms with Crippen molar-refractivity contribution in [1.29, 1.82) is 0 Å². The Labute approximate surface area is 115 Å². The molecule has 0 radical (unpaired) electrons. The van der Waals surface area contributed by atoms with Crippen LogP contribution < -0.4 is 0 Å². The van der Waals surface area contributed by atoms with Crippen LogP contribution in [-0.2, 0) is 4.79 Å². The van der Waals surface area contributed by atoms with E-state index in [1.165, 1.54) is 0 Å². The molecule has 0 aromatic heterocycles. The molecule has 1 saturated carbocycles. The highest BCUT2D eigenvalue weighted by molar-refractivity contribution is 6.09. The van der Waals surface area contributed by atoms with E-state index in [1.807, 2.05) is 63.3 Å². The van der Waals surface area contributed by atoms with Crippen molar-refractivity contribution in [3.05, 3.63) is 42.5 Å². The van der Waals surface area contributed by atoms with E-state index in [9.17, 15) is 4.79 Å². The molecule has 2 heteroatoms. The average Bonchev–Trinajstić information content (AvgIpc) is 2.68. The standard InChI is InChI=1S/C17H21NO/c1-4-11-17(3)12-10-15(16(17)19)13(2)18-14-8-6-5-7-9-14/h4-9,11,15H,10,12H2,1-3H3. The maximum absolute atomic E-state index is 12.5. The van der Waals surface area contributed by atoms with Crippen LogP contribution in [0.2, 0.25) is 0 Å². The Kier molecular flexibility index (Phi) is 3.98. The summed E-state index contributed by atoms with van der Waals surface area (Å²) < 4.78 is 0. The van der Waals surface area contributed by atoms with Gasteiger partial charge in [-0.25, -0.2) is 0 Å². The molecule has 1 aromatic carbocycles. The van der Waals surface area contributed by atoms with E-state index in [4.69, 9.17) is 0 Å². The lowest BCUT2D eigenvalue weighted by Crippen LogP contribution is -2.26. The van der Waals surface area contributed by atoms with Gasteiger partial charge in [0.05, 0.1) is 11.6 Å². The van der Waals surface area contributed by atoms with Crippen LogP contribution >= 0.6 is 0 Å². The van der Waals surface area contributed by atoms with Gasteiger partial charge in [-0.15, -0.1) is 0 Å². The molecule has 0 amide bonds. The average molecular weight is 255 g/mol. The van der Waals surface area contributed by atoms with Crippen molar-refractivity contribution in [2.45, 2.75) is 33.6 Å². The molecule has 0 spiro atoms. The monoisotopic (exact) mass is 255 g/mol. The molecule has 2 unspecified atom stereocenters. The van der Waals surface area contributed by atoms with Gasteiger partial charge in [0.1, 0.15) is 0 Å². The van der Waals surface area contributed by atoms with E-state index in [0.717, 1.165) is 24.2 Å². The first-order valence-electron chi connectivity index (χ1n) is 6.85. The van der Waals surface area contributed by atoms with Crippen molar-refractivity contribution in [2.75, 3.05) is 0 Å².